The highest BCUT2D eigenvalue weighted by atomic mass is 32.2. The van der Waals surface area contributed by atoms with Gasteiger partial charge in [-0.2, -0.15) is 4.31 Å². The number of carbonyl (C=O) groups is 1. The number of morpholine rings is 1. The van der Waals surface area contributed by atoms with Crippen molar-refractivity contribution in [3.8, 4) is 0 Å². The average Bonchev–Trinajstić information content (AvgIpc) is 2.95. The number of carbonyl (C=O) groups excluding carboxylic acids is 1. The summed E-state index contributed by atoms with van der Waals surface area (Å²) in [6.07, 6.45) is 2.92. The molecule has 2 bridgehead atoms. The van der Waals surface area contributed by atoms with Gasteiger partial charge in [-0.1, -0.05) is 6.07 Å². The first-order chi connectivity index (χ1) is 13.3. The maximum absolute atomic E-state index is 12.9. The second-order valence-electron chi connectivity index (χ2n) is 8.17. The summed E-state index contributed by atoms with van der Waals surface area (Å²) in [5.41, 5.74) is -0.273. The molecule has 28 heavy (non-hydrogen) atoms. The van der Waals surface area contributed by atoms with Crippen LogP contribution < -0.4 is 5.32 Å². The summed E-state index contributed by atoms with van der Waals surface area (Å²) in [5.74, 6) is 0. The van der Waals surface area contributed by atoms with Gasteiger partial charge in [-0.15, -0.1) is 0 Å². The fourth-order valence-corrected chi connectivity index (χ4v) is 6.10. The third-order valence-corrected chi connectivity index (χ3v) is 7.79. The smallest absolute Gasteiger partial charge is 0.322 e. The molecule has 3 saturated heterocycles. The van der Waals surface area contributed by atoms with E-state index in [-0.39, 0.29) is 23.0 Å². The van der Waals surface area contributed by atoms with E-state index in [1.165, 1.54) is 10.4 Å². The van der Waals surface area contributed by atoms with E-state index in [2.05, 4.69) is 5.32 Å². The van der Waals surface area contributed by atoms with Gasteiger partial charge in [0.25, 0.3) is 0 Å². The zero-order valence-corrected chi connectivity index (χ0v) is 16.8. The molecule has 0 spiro atoms. The van der Waals surface area contributed by atoms with Crippen molar-refractivity contribution in [3.05, 3.63) is 24.3 Å². The number of benzene rings is 1. The van der Waals surface area contributed by atoms with Gasteiger partial charge in [0.2, 0.25) is 10.0 Å². The molecule has 3 heterocycles. The van der Waals surface area contributed by atoms with Crippen LogP contribution in [0.15, 0.2) is 29.2 Å². The van der Waals surface area contributed by atoms with Gasteiger partial charge < -0.3 is 20.1 Å². The quantitative estimate of drug-likeness (QED) is 0.790. The first kappa shape index (κ1) is 19.6. The van der Waals surface area contributed by atoms with E-state index in [4.69, 9.17) is 4.74 Å². The molecule has 3 aliphatic rings. The Bertz CT molecular complexity index is 835. The number of anilines is 1. The van der Waals surface area contributed by atoms with Crippen LogP contribution in [0.5, 0.6) is 0 Å². The number of aliphatic hydroxyl groups is 1. The zero-order valence-electron chi connectivity index (χ0n) is 16.0. The monoisotopic (exact) mass is 409 g/mol. The second-order valence-corrected chi connectivity index (χ2v) is 10.1. The molecule has 3 fully saturated rings. The summed E-state index contributed by atoms with van der Waals surface area (Å²) >= 11 is 0. The summed E-state index contributed by atoms with van der Waals surface area (Å²) < 4.78 is 32.3. The van der Waals surface area contributed by atoms with Crippen LogP contribution in [0.4, 0.5) is 10.5 Å². The molecular weight excluding hydrogens is 382 g/mol. The van der Waals surface area contributed by atoms with Gasteiger partial charge in [-0.25, -0.2) is 13.2 Å². The molecule has 9 heteroatoms. The maximum Gasteiger partial charge on any atom is 0.322 e. The molecule has 2 N–H and O–H groups in total. The fraction of sp³-hybridized carbons (Fsp3) is 0.632. The Kier molecular flexibility index (Phi) is 5.11. The van der Waals surface area contributed by atoms with E-state index in [0.29, 0.717) is 44.8 Å². The van der Waals surface area contributed by atoms with Gasteiger partial charge in [-0.3, -0.25) is 0 Å². The van der Waals surface area contributed by atoms with E-state index >= 15 is 0 Å². The van der Waals surface area contributed by atoms with Crippen LogP contribution >= 0.6 is 0 Å². The molecule has 1 aromatic rings. The summed E-state index contributed by atoms with van der Waals surface area (Å²) in [6, 6.07) is 6.19. The number of fused-ring (bicyclic) bond motifs is 2. The molecule has 3 atom stereocenters. The molecule has 0 aliphatic carbocycles. The first-order valence-electron chi connectivity index (χ1n) is 9.76. The van der Waals surface area contributed by atoms with Crippen LogP contribution in [0.3, 0.4) is 0 Å². The lowest BCUT2D eigenvalue weighted by atomic mass is 9.88. The number of nitrogens with one attached hydrogen (secondary N) is 1. The SMILES string of the molecule is CC1(O)C[C@H]2CC[C@@H](C1)N2C(=O)Nc1cccc(S(=O)(=O)N2CCOCC2)c1. The van der Waals surface area contributed by atoms with Gasteiger partial charge in [-0.05, 0) is 50.8 Å². The Morgan fingerprint density at radius 1 is 1.21 bits per heavy atom. The molecule has 2 amide bonds. The zero-order chi connectivity index (χ0) is 19.9. The van der Waals surface area contributed by atoms with Gasteiger partial charge in [0, 0.05) is 30.9 Å². The minimum absolute atomic E-state index is 0.0222. The van der Waals surface area contributed by atoms with Crippen LogP contribution in [0.1, 0.15) is 32.6 Å². The summed E-state index contributed by atoms with van der Waals surface area (Å²) in [5, 5.41) is 13.2. The third kappa shape index (κ3) is 3.76. The van der Waals surface area contributed by atoms with Crippen molar-refractivity contribution in [3.63, 3.8) is 0 Å². The van der Waals surface area contributed by atoms with Gasteiger partial charge in [0.1, 0.15) is 0 Å². The number of hydrogen-bond acceptors (Lipinski definition) is 5. The van der Waals surface area contributed by atoms with Crippen LogP contribution in [0.25, 0.3) is 0 Å². The van der Waals surface area contributed by atoms with Gasteiger partial charge in [0.05, 0.1) is 23.7 Å². The molecule has 1 aromatic carbocycles. The van der Waals surface area contributed by atoms with E-state index in [1.807, 2.05) is 11.8 Å². The van der Waals surface area contributed by atoms with Crippen molar-refractivity contribution in [2.45, 2.75) is 55.2 Å². The van der Waals surface area contributed by atoms with E-state index in [9.17, 15) is 18.3 Å². The number of nitrogens with zero attached hydrogens (tertiary/aromatic N) is 2. The Labute approximate surface area is 165 Å². The van der Waals surface area contributed by atoms with Crippen LogP contribution in [-0.4, -0.2) is 72.7 Å². The van der Waals surface area contributed by atoms with Crippen molar-refractivity contribution >= 4 is 21.7 Å². The number of urea groups is 1. The van der Waals surface area contributed by atoms with Crippen molar-refractivity contribution in [1.29, 1.82) is 0 Å². The first-order valence-corrected chi connectivity index (χ1v) is 11.2. The van der Waals surface area contributed by atoms with Crippen molar-refractivity contribution < 1.29 is 23.1 Å². The molecule has 3 aliphatic heterocycles. The third-order valence-electron chi connectivity index (χ3n) is 5.90. The minimum atomic E-state index is -3.61. The Morgan fingerprint density at radius 3 is 2.50 bits per heavy atom. The molecular formula is C19H27N3O5S. The number of hydrogen-bond donors (Lipinski definition) is 2. The molecule has 8 nitrogen and oxygen atoms in total. The van der Waals surface area contributed by atoms with Gasteiger partial charge >= 0.3 is 6.03 Å². The largest absolute Gasteiger partial charge is 0.390 e. The van der Waals surface area contributed by atoms with Crippen molar-refractivity contribution in [2.24, 2.45) is 0 Å². The lowest BCUT2D eigenvalue weighted by Crippen LogP contribution is -2.53. The van der Waals surface area contributed by atoms with E-state index in [0.717, 1.165) is 12.8 Å². The molecule has 1 unspecified atom stereocenters. The molecule has 154 valence electrons. The molecule has 4 rings (SSSR count). The normalized spacial score (nSPS) is 31.0. The Hall–Kier alpha value is -1.68. The number of sulfonamides is 1. The number of ether oxygens (including phenoxy) is 1. The predicted octanol–water partition coefficient (Wildman–Crippen LogP) is 1.62. The number of piperidine rings is 1. The predicted molar refractivity (Wildman–Crippen MR) is 104 cm³/mol. The second kappa shape index (κ2) is 7.29. The standard InChI is InChI=1S/C19H27N3O5S/c1-19(24)12-15-5-6-16(13-19)22(15)18(23)20-14-3-2-4-17(11-14)28(25,26)21-7-9-27-10-8-21/h2-4,11,15-16,24H,5-10,12-13H2,1H3,(H,20,23)/t15-,16+,19?. The van der Waals surface area contributed by atoms with Crippen molar-refractivity contribution in [2.75, 3.05) is 31.6 Å². The Balaban J connectivity index is 1.49. The van der Waals surface area contributed by atoms with Crippen LogP contribution in [0.2, 0.25) is 0 Å². The lowest BCUT2D eigenvalue weighted by Gasteiger charge is -2.42. The average molecular weight is 410 g/mol. The highest BCUT2D eigenvalue weighted by Crippen LogP contribution is 2.40. The highest BCUT2D eigenvalue weighted by Gasteiger charge is 2.47. The Morgan fingerprint density at radius 2 is 1.86 bits per heavy atom. The minimum Gasteiger partial charge on any atom is -0.390 e. The highest BCUT2D eigenvalue weighted by molar-refractivity contribution is 7.89. The van der Waals surface area contributed by atoms with Crippen molar-refractivity contribution in [1.82, 2.24) is 9.21 Å². The molecule has 0 saturated carbocycles. The van der Waals surface area contributed by atoms with Crippen LogP contribution in [-0.2, 0) is 14.8 Å². The van der Waals surface area contributed by atoms with Crippen LogP contribution in [0, 0.1) is 0 Å². The maximum atomic E-state index is 12.9. The fourth-order valence-electron chi connectivity index (χ4n) is 4.65. The molecule has 0 aromatic heterocycles. The number of rotatable bonds is 3. The lowest BCUT2D eigenvalue weighted by molar-refractivity contribution is -0.0224. The van der Waals surface area contributed by atoms with E-state index < -0.39 is 15.6 Å². The van der Waals surface area contributed by atoms with E-state index in [1.54, 1.807) is 18.2 Å². The summed E-state index contributed by atoms with van der Waals surface area (Å²) in [6.45, 7) is 3.26. The number of amides is 2. The van der Waals surface area contributed by atoms with Gasteiger partial charge in [0.15, 0.2) is 0 Å². The summed E-state index contributed by atoms with van der Waals surface area (Å²) in [7, 11) is -3.61. The topological polar surface area (TPSA) is 99.2 Å². The summed E-state index contributed by atoms with van der Waals surface area (Å²) in [4.78, 5) is 14.8. The molecule has 0 radical (unpaired) electrons.